The third-order valence-corrected chi connectivity index (χ3v) is 11.8. The van der Waals surface area contributed by atoms with Gasteiger partial charge in [-0.05, 0) is 96.7 Å². The molecular formula is C50H97N3O6. The van der Waals surface area contributed by atoms with Gasteiger partial charge in [-0.1, -0.05) is 163 Å². The zero-order chi connectivity index (χ0) is 43.4. The molecule has 2 N–H and O–H groups in total. The standard InChI is InChI=1S/C50H97N3O6/c1-6-10-13-16-21-28-36-45(9-4)58-47(54)39-31-24-19-26-33-42-53(44-35-41-52-50(57)49(56)51-5)43-34-27-20-25-32-40-48(55)59-46(37-29-22-17-14-11-7-2)38-30-23-18-15-12-8-3/h45-46H,6-44H2,1-5H3,(H,51,56)(H,52,57). The summed E-state index contributed by atoms with van der Waals surface area (Å²) in [5.74, 6) is -1.24. The number of carbonyl (C=O) groups is 4. The number of carbonyl (C=O) groups excluding carboxylic acids is 4. The summed E-state index contributed by atoms with van der Waals surface area (Å²) in [5.41, 5.74) is 0. The molecule has 0 fully saturated rings. The van der Waals surface area contributed by atoms with Gasteiger partial charge in [0.2, 0.25) is 0 Å². The maximum absolute atomic E-state index is 12.8. The molecule has 2 amide bonds. The summed E-state index contributed by atoms with van der Waals surface area (Å²) in [6.45, 7) is 12.2. The van der Waals surface area contributed by atoms with Crippen molar-refractivity contribution < 1.29 is 28.7 Å². The monoisotopic (exact) mass is 836 g/mol. The summed E-state index contributed by atoms with van der Waals surface area (Å²) in [6.07, 6.45) is 39.2. The molecule has 0 aromatic carbocycles. The Labute approximate surface area is 364 Å². The fourth-order valence-corrected chi connectivity index (χ4v) is 7.86. The summed E-state index contributed by atoms with van der Waals surface area (Å²) >= 11 is 0. The minimum atomic E-state index is -0.608. The van der Waals surface area contributed by atoms with Crippen LogP contribution >= 0.6 is 0 Å². The van der Waals surface area contributed by atoms with E-state index >= 15 is 0 Å². The second-order valence-electron chi connectivity index (χ2n) is 17.4. The molecule has 9 heteroatoms. The van der Waals surface area contributed by atoms with Crippen LogP contribution in [0.15, 0.2) is 0 Å². The number of likely N-dealkylation sites (N-methyl/N-ethyl adjacent to an activating group) is 1. The van der Waals surface area contributed by atoms with Crippen LogP contribution in [0.25, 0.3) is 0 Å². The van der Waals surface area contributed by atoms with Gasteiger partial charge >= 0.3 is 23.8 Å². The highest BCUT2D eigenvalue weighted by molar-refractivity contribution is 6.34. The van der Waals surface area contributed by atoms with E-state index in [2.05, 4.69) is 43.2 Å². The smallest absolute Gasteiger partial charge is 0.309 e. The van der Waals surface area contributed by atoms with Gasteiger partial charge in [-0.25, -0.2) is 0 Å². The van der Waals surface area contributed by atoms with Gasteiger partial charge in [0.15, 0.2) is 0 Å². The molecular weight excluding hydrogens is 739 g/mol. The molecule has 0 aliphatic carbocycles. The average molecular weight is 836 g/mol. The van der Waals surface area contributed by atoms with E-state index in [0.29, 0.717) is 19.4 Å². The summed E-state index contributed by atoms with van der Waals surface area (Å²) in [5, 5.41) is 5.09. The Morgan fingerprint density at radius 3 is 1.20 bits per heavy atom. The van der Waals surface area contributed by atoms with Crippen LogP contribution in [-0.4, -0.2) is 74.1 Å². The average Bonchev–Trinajstić information content (AvgIpc) is 3.23. The fraction of sp³-hybridized carbons (Fsp3) is 0.920. The van der Waals surface area contributed by atoms with Gasteiger partial charge < -0.3 is 25.0 Å². The third-order valence-electron chi connectivity index (χ3n) is 11.8. The topological polar surface area (TPSA) is 114 Å². The number of hydrogen-bond acceptors (Lipinski definition) is 7. The zero-order valence-corrected chi connectivity index (χ0v) is 39.6. The summed E-state index contributed by atoms with van der Waals surface area (Å²) < 4.78 is 11.8. The fourth-order valence-electron chi connectivity index (χ4n) is 7.86. The molecule has 0 heterocycles. The molecule has 1 unspecified atom stereocenters. The van der Waals surface area contributed by atoms with E-state index in [4.69, 9.17) is 9.47 Å². The van der Waals surface area contributed by atoms with E-state index in [0.717, 1.165) is 135 Å². The van der Waals surface area contributed by atoms with Gasteiger partial charge in [0.05, 0.1) is 0 Å². The molecule has 0 aliphatic rings. The van der Waals surface area contributed by atoms with Crippen molar-refractivity contribution in [3.05, 3.63) is 0 Å². The van der Waals surface area contributed by atoms with Crippen LogP contribution in [0.4, 0.5) is 0 Å². The lowest BCUT2D eigenvalue weighted by Crippen LogP contribution is -2.39. The molecule has 0 saturated carbocycles. The lowest BCUT2D eigenvalue weighted by Gasteiger charge is -2.22. The van der Waals surface area contributed by atoms with Crippen LogP contribution in [0.2, 0.25) is 0 Å². The van der Waals surface area contributed by atoms with Gasteiger partial charge in [0.1, 0.15) is 12.2 Å². The number of ether oxygens (including phenoxy) is 2. The number of nitrogens with zero attached hydrogens (tertiary/aromatic N) is 1. The van der Waals surface area contributed by atoms with Crippen LogP contribution in [0.5, 0.6) is 0 Å². The number of esters is 2. The zero-order valence-electron chi connectivity index (χ0n) is 39.6. The highest BCUT2D eigenvalue weighted by Gasteiger charge is 2.16. The van der Waals surface area contributed by atoms with Gasteiger partial charge in [0.25, 0.3) is 0 Å². The van der Waals surface area contributed by atoms with Gasteiger partial charge in [-0.15, -0.1) is 0 Å². The molecule has 9 nitrogen and oxygen atoms in total. The Bertz CT molecular complexity index is 962. The highest BCUT2D eigenvalue weighted by atomic mass is 16.5. The van der Waals surface area contributed by atoms with Crippen molar-refractivity contribution in [1.29, 1.82) is 0 Å². The first-order chi connectivity index (χ1) is 28.8. The normalized spacial score (nSPS) is 11.9. The van der Waals surface area contributed by atoms with Gasteiger partial charge in [0, 0.05) is 26.4 Å². The van der Waals surface area contributed by atoms with E-state index in [1.165, 1.54) is 103 Å². The molecule has 0 rings (SSSR count). The largest absolute Gasteiger partial charge is 0.462 e. The Hall–Kier alpha value is -2.16. The van der Waals surface area contributed by atoms with Crippen molar-refractivity contribution in [3.8, 4) is 0 Å². The lowest BCUT2D eigenvalue weighted by atomic mass is 10.0. The summed E-state index contributed by atoms with van der Waals surface area (Å²) in [7, 11) is 1.46. The molecule has 0 bridgehead atoms. The SMILES string of the molecule is CCCCCCCCC(CC)OC(=O)CCCCCCCN(CCCCCCCC(=O)OC(CCCCCCCC)CCCCCCCC)CCCNC(=O)C(=O)NC. The van der Waals surface area contributed by atoms with Crippen LogP contribution < -0.4 is 10.6 Å². The van der Waals surface area contributed by atoms with E-state index < -0.39 is 11.8 Å². The number of unbranched alkanes of at least 4 members (excludes halogenated alkanes) is 23. The summed E-state index contributed by atoms with van der Waals surface area (Å²) in [4.78, 5) is 51.2. The van der Waals surface area contributed by atoms with Crippen molar-refractivity contribution in [1.82, 2.24) is 15.5 Å². The highest BCUT2D eigenvalue weighted by Crippen LogP contribution is 2.19. The first-order valence-electron chi connectivity index (χ1n) is 25.4. The Kier molecular flexibility index (Phi) is 42.3. The summed E-state index contributed by atoms with van der Waals surface area (Å²) in [6, 6.07) is 0. The van der Waals surface area contributed by atoms with Crippen LogP contribution in [0, 0.1) is 0 Å². The Morgan fingerprint density at radius 2 is 0.780 bits per heavy atom. The van der Waals surface area contributed by atoms with E-state index in [-0.39, 0.29) is 24.1 Å². The molecule has 0 radical (unpaired) electrons. The number of nitrogens with one attached hydrogen (secondary N) is 2. The van der Waals surface area contributed by atoms with Gasteiger partial charge in [-0.2, -0.15) is 0 Å². The molecule has 1 atom stereocenters. The van der Waals surface area contributed by atoms with Crippen molar-refractivity contribution in [2.45, 2.75) is 265 Å². The van der Waals surface area contributed by atoms with Crippen LogP contribution in [-0.2, 0) is 28.7 Å². The van der Waals surface area contributed by atoms with Crippen molar-refractivity contribution >= 4 is 23.8 Å². The first kappa shape index (κ1) is 56.8. The van der Waals surface area contributed by atoms with E-state index in [1.54, 1.807) is 0 Å². The molecule has 0 aliphatic heterocycles. The number of rotatable bonds is 44. The molecule has 348 valence electrons. The molecule has 0 saturated heterocycles. The van der Waals surface area contributed by atoms with Crippen molar-refractivity contribution in [2.75, 3.05) is 33.2 Å². The van der Waals surface area contributed by atoms with E-state index in [1.807, 2.05) is 0 Å². The number of hydrogen-bond donors (Lipinski definition) is 2. The predicted octanol–water partition coefficient (Wildman–Crippen LogP) is 12.7. The minimum Gasteiger partial charge on any atom is -0.462 e. The van der Waals surface area contributed by atoms with Crippen LogP contribution in [0.1, 0.15) is 252 Å². The maximum atomic E-state index is 12.8. The lowest BCUT2D eigenvalue weighted by molar-refractivity contribution is -0.150. The quantitative estimate of drug-likeness (QED) is 0.0357. The third kappa shape index (κ3) is 38.5. The molecule has 0 aromatic heterocycles. The van der Waals surface area contributed by atoms with E-state index in [9.17, 15) is 19.2 Å². The Balaban J connectivity index is 4.51. The molecule has 59 heavy (non-hydrogen) atoms. The minimum absolute atomic E-state index is 0.00878. The number of amides is 2. The van der Waals surface area contributed by atoms with Crippen molar-refractivity contribution in [2.24, 2.45) is 0 Å². The van der Waals surface area contributed by atoms with Gasteiger partial charge in [-0.3, -0.25) is 19.2 Å². The maximum Gasteiger partial charge on any atom is 0.309 e. The Morgan fingerprint density at radius 1 is 0.424 bits per heavy atom. The second kappa shape index (κ2) is 43.9. The molecule has 0 spiro atoms. The second-order valence-corrected chi connectivity index (χ2v) is 17.4. The van der Waals surface area contributed by atoms with Crippen molar-refractivity contribution in [3.63, 3.8) is 0 Å². The van der Waals surface area contributed by atoms with Crippen LogP contribution in [0.3, 0.4) is 0 Å². The predicted molar refractivity (Wildman–Crippen MR) is 248 cm³/mol. The molecule has 0 aromatic rings. The first-order valence-corrected chi connectivity index (χ1v) is 25.4.